The van der Waals surface area contributed by atoms with Crippen molar-refractivity contribution in [2.45, 2.75) is 12.5 Å². The molecule has 0 fully saturated rings. The minimum atomic E-state index is -0.559. The van der Waals surface area contributed by atoms with Crippen LogP contribution in [-0.2, 0) is 11.2 Å². The van der Waals surface area contributed by atoms with E-state index in [2.05, 4.69) is 16.3 Å². The zero-order valence-corrected chi connectivity index (χ0v) is 18.7. The highest BCUT2D eigenvalue weighted by Gasteiger charge is 2.32. The van der Waals surface area contributed by atoms with Crippen LogP contribution in [0.25, 0.3) is 0 Å². The molecule has 0 unspecified atom stereocenters. The molecule has 1 aliphatic rings. The maximum absolute atomic E-state index is 14.1. The smallest absolute Gasteiger partial charge is 0.238 e. The number of thiophene rings is 1. The van der Waals surface area contributed by atoms with E-state index in [4.69, 9.17) is 21.1 Å². The molecule has 2 aromatic carbocycles. The first-order chi connectivity index (χ1) is 15.0. The second-order valence-electron chi connectivity index (χ2n) is 7.22. The van der Waals surface area contributed by atoms with Crippen molar-refractivity contribution in [2.24, 2.45) is 0 Å². The van der Waals surface area contributed by atoms with Crippen LogP contribution in [0.1, 0.15) is 22.0 Å². The molecular weight excluding hydrogens is 439 g/mol. The number of ether oxygens (including phenoxy) is 2. The Labute approximate surface area is 189 Å². The summed E-state index contributed by atoms with van der Waals surface area (Å²) in [6.07, 6.45) is 0.764. The number of rotatable bonds is 6. The van der Waals surface area contributed by atoms with Crippen LogP contribution in [0.4, 0.5) is 10.1 Å². The van der Waals surface area contributed by atoms with Gasteiger partial charge in [0.2, 0.25) is 5.91 Å². The normalized spacial score (nSPS) is 15.9. The van der Waals surface area contributed by atoms with Crippen LogP contribution < -0.4 is 14.8 Å². The lowest BCUT2D eigenvalue weighted by Gasteiger charge is -2.37. The van der Waals surface area contributed by atoms with E-state index in [1.54, 1.807) is 31.6 Å². The van der Waals surface area contributed by atoms with Crippen LogP contribution >= 0.6 is 22.9 Å². The molecule has 1 aliphatic heterocycles. The number of nitrogens with one attached hydrogen (secondary N) is 1. The summed E-state index contributed by atoms with van der Waals surface area (Å²) in [6, 6.07) is 12.1. The van der Waals surface area contributed by atoms with E-state index in [0.717, 1.165) is 22.4 Å². The maximum atomic E-state index is 14.1. The van der Waals surface area contributed by atoms with Crippen molar-refractivity contribution in [1.29, 1.82) is 0 Å². The van der Waals surface area contributed by atoms with Gasteiger partial charge in [-0.25, -0.2) is 4.39 Å². The highest BCUT2D eigenvalue weighted by Crippen LogP contribution is 2.42. The van der Waals surface area contributed by atoms with Crippen molar-refractivity contribution >= 4 is 34.5 Å². The van der Waals surface area contributed by atoms with E-state index >= 15 is 0 Å². The van der Waals surface area contributed by atoms with Gasteiger partial charge < -0.3 is 14.8 Å². The number of hydrogen-bond acceptors (Lipinski definition) is 5. The number of hydrogen-bond donors (Lipinski definition) is 1. The monoisotopic (exact) mass is 460 g/mol. The van der Waals surface area contributed by atoms with Gasteiger partial charge in [-0.2, -0.15) is 0 Å². The summed E-state index contributed by atoms with van der Waals surface area (Å²) in [5, 5.41) is 4.96. The molecule has 0 aliphatic carbocycles. The summed E-state index contributed by atoms with van der Waals surface area (Å²) in [4.78, 5) is 16.0. The molecule has 1 aromatic heterocycles. The van der Waals surface area contributed by atoms with Gasteiger partial charge in [0.05, 0.1) is 32.5 Å². The number of carbonyl (C=O) groups excluding carboxylic acids is 1. The second-order valence-corrected chi connectivity index (χ2v) is 8.63. The number of methoxy groups -OCH3 is 2. The van der Waals surface area contributed by atoms with E-state index in [9.17, 15) is 9.18 Å². The van der Waals surface area contributed by atoms with Gasteiger partial charge in [-0.1, -0.05) is 17.7 Å². The molecule has 2 heterocycles. The Bertz CT molecular complexity index is 1090. The Morgan fingerprint density at radius 1 is 1.23 bits per heavy atom. The SMILES string of the molecule is COc1cc2c(cc1OC)[C@@H](c1cccs1)N(CC(=O)Nc1ccc(Cl)cc1F)CC2. The predicted octanol–water partition coefficient (Wildman–Crippen LogP) is 5.14. The number of halogens is 2. The molecule has 5 nitrogen and oxygen atoms in total. The molecule has 1 N–H and O–H groups in total. The molecule has 0 spiro atoms. The quantitative estimate of drug-likeness (QED) is 0.553. The van der Waals surface area contributed by atoms with E-state index in [-0.39, 0.29) is 29.2 Å². The van der Waals surface area contributed by atoms with Crippen molar-refractivity contribution in [1.82, 2.24) is 4.90 Å². The van der Waals surface area contributed by atoms with Crippen LogP contribution in [0, 0.1) is 5.82 Å². The average Bonchev–Trinajstić information content (AvgIpc) is 3.29. The van der Waals surface area contributed by atoms with Crippen molar-refractivity contribution in [3.05, 3.63) is 74.7 Å². The van der Waals surface area contributed by atoms with Crippen molar-refractivity contribution < 1.29 is 18.7 Å². The number of nitrogens with zero attached hydrogens (tertiary/aromatic N) is 1. The molecule has 31 heavy (non-hydrogen) atoms. The summed E-state index contributed by atoms with van der Waals surface area (Å²) in [5.41, 5.74) is 2.36. The Morgan fingerprint density at radius 2 is 2.00 bits per heavy atom. The lowest BCUT2D eigenvalue weighted by Crippen LogP contribution is -2.41. The van der Waals surface area contributed by atoms with Crippen LogP contribution in [0.5, 0.6) is 11.5 Å². The lowest BCUT2D eigenvalue weighted by molar-refractivity contribution is -0.117. The number of anilines is 1. The van der Waals surface area contributed by atoms with Gasteiger partial charge in [-0.05, 0) is 59.3 Å². The molecule has 0 saturated heterocycles. The Morgan fingerprint density at radius 3 is 2.68 bits per heavy atom. The summed E-state index contributed by atoms with van der Waals surface area (Å²) < 4.78 is 25.1. The number of benzene rings is 2. The van der Waals surface area contributed by atoms with Gasteiger partial charge in [-0.15, -0.1) is 11.3 Å². The van der Waals surface area contributed by atoms with Gasteiger partial charge in [0.1, 0.15) is 5.82 Å². The molecular formula is C23H22ClFN2O3S. The number of amides is 1. The number of carbonyl (C=O) groups is 1. The molecule has 0 bridgehead atoms. The third kappa shape index (κ3) is 4.54. The van der Waals surface area contributed by atoms with E-state index in [1.807, 2.05) is 23.6 Å². The second kappa shape index (κ2) is 9.26. The zero-order valence-electron chi connectivity index (χ0n) is 17.2. The fourth-order valence-electron chi connectivity index (χ4n) is 3.91. The minimum absolute atomic E-state index is 0.107. The molecule has 0 radical (unpaired) electrons. The molecule has 8 heteroatoms. The Kier molecular flexibility index (Phi) is 6.46. The summed E-state index contributed by atoms with van der Waals surface area (Å²) in [7, 11) is 3.23. The topological polar surface area (TPSA) is 50.8 Å². The fourth-order valence-corrected chi connectivity index (χ4v) is 4.95. The molecule has 1 amide bonds. The van der Waals surface area contributed by atoms with Crippen molar-refractivity contribution in [3.63, 3.8) is 0 Å². The van der Waals surface area contributed by atoms with Gasteiger partial charge in [0.15, 0.2) is 11.5 Å². The number of fused-ring (bicyclic) bond motifs is 1. The van der Waals surface area contributed by atoms with E-state index in [1.165, 1.54) is 12.1 Å². The largest absolute Gasteiger partial charge is 0.493 e. The molecule has 1 atom stereocenters. The maximum Gasteiger partial charge on any atom is 0.238 e. The predicted molar refractivity (Wildman–Crippen MR) is 121 cm³/mol. The summed E-state index contributed by atoms with van der Waals surface area (Å²) in [6.45, 7) is 0.806. The van der Waals surface area contributed by atoms with Crippen LogP contribution in [0.2, 0.25) is 5.02 Å². The Balaban J connectivity index is 1.62. The van der Waals surface area contributed by atoms with E-state index in [0.29, 0.717) is 18.0 Å². The van der Waals surface area contributed by atoms with Crippen LogP contribution in [-0.4, -0.2) is 38.1 Å². The molecule has 0 saturated carbocycles. The Hall–Kier alpha value is -2.61. The minimum Gasteiger partial charge on any atom is -0.493 e. The summed E-state index contributed by atoms with van der Waals surface area (Å²) >= 11 is 7.44. The van der Waals surface area contributed by atoms with Gasteiger partial charge in [0, 0.05) is 16.4 Å². The van der Waals surface area contributed by atoms with Crippen LogP contribution in [0.3, 0.4) is 0 Å². The first kappa shape index (κ1) is 21.6. The summed E-state index contributed by atoms with van der Waals surface area (Å²) in [5.74, 6) is 0.496. The van der Waals surface area contributed by atoms with E-state index < -0.39 is 5.82 Å². The molecule has 4 rings (SSSR count). The third-order valence-electron chi connectivity index (χ3n) is 5.34. The first-order valence-electron chi connectivity index (χ1n) is 9.77. The highest BCUT2D eigenvalue weighted by molar-refractivity contribution is 7.10. The average molecular weight is 461 g/mol. The van der Waals surface area contributed by atoms with Crippen molar-refractivity contribution in [2.75, 3.05) is 32.6 Å². The van der Waals surface area contributed by atoms with Gasteiger partial charge in [0.25, 0.3) is 0 Å². The standard InChI is InChI=1S/C23H22ClFN2O3S/c1-29-19-10-14-7-8-27(13-22(28)26-18-6-5-15(24)11-17(18)25)23(21-4-3-9-31-21)16(14)12-20(19)30-2/h3-6,9-12,23H,7-8,13H2,1-2H3,(H,26,28)/t23-/m0/s1. The fraction of sp³-hybridized carbons (Fsp3) is 0.261. The molecule has 162 valence electrons. The molecule has 3 aromatic rings. The highest BCUT2D eigenvalue weighted by atomic mass is 35.5. The third-order valence-corrected chi connectivity index (χ3v) is 6.50. The van der Waals surface area contributed by atoms with Crippen molar-refractivity contribution in [3.8, 4) is 11.5 Å². The first-order valence-corrected chi connectivity index (χ1v) is 11.0. The van der Waals surface area contributed by atoms with Gasteiger partial charge >= 0.3 is 0 Å². The van der Waals surface area contributed by atoms with Crippen LogP contribution in [0.15, 0.2) is 47.8 Å². The lowest BCUT2D eigenvalue weighted by atomic mass is 9.91. The van der Waals surface area contributed by atoms with Gasteiger partial charge in [-0.3, -0.25) is 9.69 Å². The zero-order chi connectivity index (χ0) is 22.0.